The van der Waals surface area contributed by atoms with Crippen LogP contribution in [0.1, 0.15) is 21.1 Å². The minimum atomic E-state index is -0.353. The van der Waals surface area contributed by atoms with Gasteiger partial charge in [0.25, 0.3) is 5.91 Å². The molecule has 2 heterocycles. The molecule has 1 fully saturated rings. The van der Waals surface area contributed by atoms with E-state index in [1.807, 2.05) is 30.3 Å². The zero-order valence-electron chi connectivity index (χ0n) is 16.3. The normalized spacial score (nSPS) is 13.9. The van der Waals surface area contributed by atoms with Crippen molar-refractivity contribution in [3.05, 3.63) is 82.1 Å². The number of rotatable bonds is 4. The Morgan fingerprint density at radius 2 is 1.63 bits per heavy atom. The number of aromatic nitrogens is 1. The molecule has 1 aliphatic rings. The van der Waals surface area contributed by atoms with Gasteiger partial charge in [-0.25, -0.2) is 14.2 Å². The third-order valence-corrected chi connectivity index (χ3v) is 5.77. The zero-order chi connectivity index (χ0) is 20.9. The van der Waals surface area contributed by atoms with Crippen LogP contribution in [0.4, 0.5) is 14.9 Å². The number of amides is 3. The molecular weight excluding hydrogens is 403 g/mol. The Kier molecular flexibility index (Phi) is 6.04. The number of benzene rings is 2. The summed E-state index contributed by atoms with van der Waals surface area (Å²) in [6, 6.07) is 15.4. The molecule has 1 aliphatic heterocycles. The molecule has 6 nitrogen and oxygen atoms in total. The maximum absolute atomic E-state index is 13.0. The Labute approximate surface area is 178 Å². The maximum atomic E-state index is 13.0. The van der Waals surface area contributed by atoms with Crippen molar-refractivity contribution in [2.75, 3.05) is 31.5 Å². The van der Waals surface area contributed by atoms with E-state index >= 15 is 0 Å². The van der Waals surface area contributed by atoms with Crippen LogP contribution in [0.2, 0.25) is 0 Å². The number of nitrogens with zero attached hydrogens (tertiary/aromatic N) is 3. The average molecular weight is 425 g/mol. The van der Waals surface area contributed by atoms with Gasteiger partial charge in [-0.1, -0.05) is 30.3 Å². The molecule has 30 heavy (non-hydrogen) atoms. The standard InChI is InChI=1S/C22H21FN4O2S/c23-17-6-8-18(9-7-17)24-22(29)27-12-10-26(11-13-27)21(28)19-15-30-20(25-19)14-16-4-2-1-3-5-16/h1-9,15H,10-14H2,(H,24,29). The SMILES string of the molecule is O=C(Nc1ccc(F)cc1)N1CCN(C(=O)c2csc(Cc3ccccc3)n2)CC1. The first-order valence-corrected chi connectivity index (χ1v) is 10.6. The van der Waals surface area contributed by atoms with E-state index in [2.05, 4.69) is 10.3 Å². The van der Waals surface area contributed by atoms with Crippen LogP contribution in [-0.2, 0) is 6.42 Å². The fraction of sp³-hybridized carbons (Fsp3) is 0.227. The highest BCUT2D eigenvalue weighted by Gasteiger charge is 2.26. The first-order chi connectivity index (χ1) is 14.6. The highest BCUT2D eigenvalue weighted by molar-refractivity contribution is 7.09. The lowest BCUT2D eigenvalue weighted by atomic mass is 10.2. The fourth-order valence-electron chi connectivity index (χ4n) is 3.27. The monoisotopic (exact) mass is 424 g/mol. The molecule has 3 amide bonds. The smallest absolute Gasteiger partial charge is 0.321 e. The fourth-order valence-corrected chi connectivity index (χ4v) is 4.07. The highest BCUT2D eigenvalue weighted by atomic mass is 32.1. The number of hydrogen-bond donors (Lipinski definition) is 1. The van der Waals surface area contributed by atoms with Crippen molar-refractivity contribution < 1.29 is 14.0 Å². The van der Waals surface area contributed by atoms with Gasteiger partial charge in [0.2, 0.25) is 0 Å². The summed E-state index contributed by atoms with van der Waals surface area (Å²) in [7, 11) is 0. The van der Waals surface area contributed by atoms with Gasteiger partial charge in [-0.05, 0) is 29.8 Å². The van der Waals surface area contributed by atoms with Crippen molar-refractivity contribution in [1.29, 1.82) is 0 Å². The van der Waals surface area contributed by atoms with Gasteiger partial charge in [-0.2, -0.15) is 0 Å². The van der Waals surface area contributed by atoms with Crippen LogP contribution in [0.25, 0.3) is 0 Å². The summed E-state index contributed by atoms with van der Waals surface area (Å²) < 4.78 is 13.0. The van der Waals surface area contributed by atoms with E-state index in [-0.39, 0.29) is 17.8 Å². The van der Waals surface area contributed by atoms with Crippen molar-refractivity contribution in [2.45, 2.75) is 6.42 Å². The first kappa shape index (κ1) is 20.0. The zero-order valence-corrected chi connectivity index (χ0v) is 17.1. The van der Waals surface area contributed by atoms with Crippen LogP contribution >= 0.6 is 11.3 Å². The van der Waals surface area contributed by atoms with Gasteiger partial charge >= 0.3 is 6.03 Å². The number of hydrogen-bond acceptors (Lipinski definition) is 4. The molecule has 0 spiro atoms. The summed E-state index contributed by atoms with van der Waals surface area (Å²) in [4.78, 5) is 33.0. The molecule has 0 aliphatic carbocycles. The second-order valence-corrected chi connectivity index (χ2v) is 7.95. The van der Waals surface area contributed by atoms with Gasteiger partial charge in [-0.15, -0.1) is 11.3 Å². The van der Waals surface area contributed by atoms with Crippen LogP contribution in [0.3, 0.4) is 0 Å². The Morgan fingerprint density at radius 1 is 0.967 bits per heavy atom. The second-order valence-electron chi connectivity index (χ2n) is 7.01. The van der Waals surface area contributed by atoms with Crippen LogP contribution in [0.15, 0.2) is 60.0 Å². The Bertz CT molecular complexity index is 1020. The molecule has 0 atom stereocenters. The van der Waals surface area contributed by atoms with E-state index in [4.69, 9.17) is 0 Å². The van der Waals surface area contributed by atoms with E-state index in [0.717, 1.165) is 10.6 Å². The molecule has 1 N–H and O–H groups in total. The predicted molar refractivity (Wildman–Crippen MR) is 114 cm³/mol. The molecule has 8 heteroatoms. The predicted octanol–water partition coefficient (Wildman–Crippen LogP) is 3.86. The van der Waals surface area contributed by atoms with Crippen LogP contribution in [0.5, 0.6) is 0 Å². The topological polar surface area (TPSA) is 65.5 Å². The molecule has 0 radical (unpaired) electrons. The van der Waals surface area contributed by atoms with Crippen LogP contribution in [0, 0.1) is 5.82 Å². The highest BCUT2D eigenvalue weighted by Crippen LogP contribution is 2.17. The van der Waals surface area contributed by atoms with Gasteiger partial charge in [0.1, 0.15) is 11.5 Å². The quantitative estimate of drug-likeness (QED) is 0.692. The van der Waals surface area contributed by atoms with Crippen LogP contribution in [-0.4, -0.2) is 52.9 Å². The molecule has 0 unspecified atom stereocenters. The average Bonchev–Trinajstić information content (AvgIpc) is 3.24. The third kappa shape index (κ3) is 4.83. The third-order valence-electron chi connectivity index (χ3n) is 4.92. The van der Waals surface area contributed by atoms with Crippen molar-refractivity contribution in [3.8, 4) is 0 Å². The van der Waals surface area contributed by atoms with Crippen LogP contribution < -0.4 is 5.32 Å². The molecule has 1 saturated heterocycles. The number of urea groups is 1. The number of carbonyl (C=O) groups is 2. The minimum absolute atomic E-state index is 0.107. The Morgan fingerprint density at radius 3 is 2.33 bits per heavy atom. The number of thiazole rings is 1. The van der Waals surface area contributed by atoms with E-state index < -0.39 is 0 Å². The molecule has 4 rings (SSSR count). The maximum Gasteiger partial charge on any atom is 0.321 e. The molecule has 154 valence electrons. The Balaban J connectivity index is 1.30. The molecular formula is C22H21FN4O2S. The molecule has 2 aromatic carbocycles. The number of nitrogens with one attached hydrogen (secondary N) is 1. The molecule has 3 aromatic rings. The summed E-state index contributed by atoms with van der Waals surface area (Å²) in [6.45, 7) is 1.75. The summed E-state index contributed by atoms with van der Waals surface area (Å²) >= 11 is 1.48. The van der Waals surface area contributed by atoms with Gasteiger partial charge < -0.3 is 15.1 Å². The van der Waals surface area contributed by atoms with Crippen molar-refractivity contribution in [3.63, 3.8) is 0 Å². The number of carbonyl (C=O) groups excluding carboxylic acids is 2. The second kappa shape index (κ2) is 9.04. The van der Waals surface area contributed by atoms with Gasteiger partial charge in [-0.3, -0.25) is 4.79 Å². The lowest BCUT2D eigenvalue weighted by Gasteiger charge is -2.34. The van der Waals surface area contributed by atoms with Crippen molar-refractivity contribution in [2.24, 2.45) is 0 Å². The summed E-state index contributed by atoms with van der Waals surface area (Å²) in [5.41, 5.74) is 2.15. The number of halogens is 1. The molecule has 0 saturated carbocycles. The van der Waals surface area contributed by atoms with Crippen molar-refractivity contribution >= 4 is 29.0 Å². The van der Waals surface area contributed by atoms with Gasteiger partial charge in [0, 0.05) is 43.7 Å². The molecule has 0 bridgehead atoms. The van der Waals surface area contributed by atoms with E-state index in [1.54, 1.807) is 15.2 Å². The number of anilines is 1. The summed E-state index contributed by atoms with van der Waals surface area (Å²) in [5.74, 6) is -0.460. The van der Waals surface area contributed by atoms with E-state index in [0.29, 0.717) is 44.0 Å². The Hall–Kier alpha value is -3.26. The van der Waals surface area contributed by atoms with Gasteiger partial charge in [0.15, 0.2) is 0 Å². The number of piperazine rings is 1. The lowest BCUT2D eigenvalue weighted by molar-refractivity contribution is 0.0666. The lowest BCUT2D eigenvalue weighted by Crippen LogP contribution is -2.51. The molecule has 1 aromatic heterocycles. The minimum Gasteiger partial charge on any atom is -0.334 e. The summed E-state index contributed by atoms with van der Waals surface area (Å²) in [5, 5.41) is 5.45. The van der Waals surface area contributed by atoms with E-state index in [9.17, 15) is 14.0 Å². The van der Waals surface area contributed by atoms with Gasteiger partial charge in [0.05, 0.1) is 5.01 Å². The van der Waals surface area contributed by atoms with Crippen molar-refractivity contribution in [1.82, 2.24) is 14.8 Å². The summed E-state index contributed by atoms with van der Waals surface area (Å²) in [6.07, 6.45) is 0.704. The largest absolute Gasteiger partial charge is 0.334 e. The van der Waals surface area contributed by atoms with E-state index in [1.165, 1.54) is 35.6 Å². The first-order valence-electron chi connectivity index (χ1n) is 9.67.